The maximum Gasteiger partial charge on any atom is 0.0707 e. The summed E-state index contributed by atoms with van der Waals surface area (Å²) < 4.78 is 0. The van der Waals surface area contributed by atoms with Gasteiger partial charge in [-0.25, -0.2) is 0 Å². The molecule has 0 saturated heterocycles. The van der Waals surface area contributed by atoms with Crippen LogP contribution in [0.5, 0.6) is 0 Å². The van der Waals surface area contributed by atoms with E-state index >= 15 is 0 Å². The summed E-state index contributed by atoms with van der Waals surface area (Å²) in [4.78, 5) is 4.83. The maximum absolute atomic E-state index is 4.83. The Bertz CT molecular complexity index is 673. The first-order valence-electron chi connectivity index (χ1n) is 8.99. The third-order valence-corrected chi connectivity index (χ3v) is 4.96. The first-order chi connectivity index (χ1) is 10.9. The largest absolute Gasteiger partial charge is 0.256 e. The van der Waals surface area contributed by atoms with E-state index in [4.69, 9.17) is 4.98 Å². The van der Waals surface area contributed by atoms with E-state index in [1.807, 2.05) is 0 Å². The van der Waals surface area contributed by atoms with E-state index in [0.29, 0.717) is 5.41 Å². The van der Waals surface area contributed by atoms with E-state index in [1.54, 1.807) is 5.56 Å². The molecule has 1 fully saturated rings. The van der Waals surface area contributed by atoms with E-state index < -0.39 is 0 Å². The van der Waals surface area contributed by atoms with Crippen molar-refractivity contribution in [2.75, 3.05) is 0 Å². The Morgan fingerprint density at radius 2 is 1.78 bits per heavy atom. The summed E-state index contributed by atoms with van der Waals surface area (Å²) in [6, 6.07) is 11.0. The number of rotatable bonds is 3. The predicted molar refractivity (Wildman–Crippen MR) is 98.8 cm³/mol. The molecule has 0 atom stereocenters. The average molecular weight is 307 g/mol. The van der Waals surface area contributed by atoms with Crippen LogP contribution in [0.3, 0.4) is 0 Å². The Morgan fingerprint density at radius 1 is 1.09 bits per heavy atom. The molecule has 0 unspecified atom stereocenters. The lowest BCUT2D eigenvalue weighted by Gasteiger charge is -2.23. The molecule has 0 amide bonds. The van der Waals surface area contributed by atoms with Crippen molar-refractivity contribution < 1.29 is 0 Å². The minimum atomic E-state index is 0.305. The summed E-state index contributed by atoms with van der Waals surface area (Å²) in [6.45, 7) is 9.14. The molecule has 0 N–H and O–H groups in total. The third-order valence-electron chi connectivity index (χ3n) is 4.96. The summed E-state index contributed by atoms with van der Waals surface area (Å²) in [6.07, 6.45) is 8.70. The van der Waals surface area contributed by atoms with Crippen LogP contribution in [-0.4, -0.2) is 4.98 Å². The molecule has 1 heterocycles. The molecule has 0 spiro atoms. The fourth-order valence-corrected chi connectivity index (χ4v) is 3.84. The van der Waals surface area contributed by atoms with Gasteiger partial charge in [0.15, 0.2) is 0 Å². The number of hydrogen-bond acceptors (Lipinski definition) is 1. The Kier molecular flexibility index (Phi) is 4.57. The van der Waals surface area contributed by atoms with Crippen LogP contribution in [0.25, 0.3) is 11.3 Å². The second-order valence-electron chi connectivity index (χ2n) is 8.30. The number of benzene rings is 1. The first kappa shape index (κ1) is 16.2. The summed E-state index contributed by atoms with van der Waals surface area (Å²) >= 11 is 0. The number of pyridine rings is 1. The van der Waals surface area contributed by atoms with E-state index in [2.05, 4.69) is 64.2 Å². The van der Waals surface area contributed by atoms with Crippen molar-refractivity contribution in [2.24, 2.45) is 5.41 Å². The van der Waals surface area contributed by atoms with Crippen LogP contribution < -0.4 is 0 Å². The molecule has 122 valence electrons. The molecule has 2 aromatic rings. The molecule has 0 aliphatic heterocycles. The number of aromatic nitrogens is 1. The molecule has 1 aliphatic rings. The highest BCUT2D eigenvalue weighted by Gasteiger charge is 2.23. The lowest BCUT2D eigenvalue weighted by Crippen LogP contribution is -2.13. The number of aryl methyl sites for hydroxylation is 1. The van der Waals surface area contributed by atoms with Gasteiger partial charge >= 0.3 is 0 Å². The highest BCUT2D eigenvalue weighted by atomic mass is 14.7. The van der Waals surface area contributed by atoms with Gasteiger partial charge in [-0.15, -0.1) is 0 Å². The van der Waals surface area contributed by atoms with Crippen LogP contribution in [-0.2, 0) is 6.42 Å². The number of hydrogen-bond donors (Lipinski definition) is 0. The van der Waals surface area contributed by atoms with Crippen molar-refractivity contribution in [1.82, 2.24) is 4.98 Å². The van der Waals surface area contributed by atoms with Gasteiger partial charge in [-0.2, -0.15) is 0 Å². The van der Waals surface area contributed by atoms with Crippen LogP contribution >= 0.6 is 0 Å². The summed E-state index contributed by atoms with van der Waals surface area (Å²) in [5.41, 5.74) is 7.05. The second kappa shape index (κ2) is 6.47. The third kappa shape index (κ3) is 3.83. The van der Waals surface area contributed by atoms with Gasteiger partial charge in [0, 0.05) is 11.8 Å². The number of nitrogens with zero attached hydrogens (tertiary/aromatic N) is 1. The Balaban J connectivity index is 2.04. The SMILES string of the molecule is Cc1ccccc1-c1cc(C2CCCC2)c(CC(C)(C)C)cn1. The van der Waals surface area contributed by atoms with E-state index in [-0.39, 0.29) is 0 Å². The molecule has 1 aromatic carbocycles. The zero-order chi connectivity index (χ0) is 16.4. The van der Waals surface area contributed by atoms with Gasteiger partial charge in [-0.05, 0) is 60.3 Å². The Hall–Kier alpha value is -1.63. The van der Waals surface area contributed by atoms with Crippen molar-refractivity contribution in [3.8, 4) is 11.3 Å². The highest BCUT2D eigenvalue weighted by molar-refractivity contribution is 5.64. The summed E-state index contributed by atoms with van der Waals surface area (Å²) in [7, 11) is 0. The normalized spacial score (nSPS) is 16.0. The van der Waals surface area contributed by atoms with Crippen molar-refractivity contribution >= 4 is 0 Å². The van der Waals surface area contributed by atoms with Crippen molar-refractivity contribution in [1.29, 1.82) is 0 Å². The minimum absolute atomic E-state index is 0.305. The van der Waals surface area contributed by atoms with E-state index in [0.717, 1.165) is 18.0 Å². The van der Waals surface area contributed by atoms with E-state index in [9.17, 15) is 0 Å². The van der Waals surface area contributed by atoms with Crippen LogP contribution in [0.4, 0.5) is 0 Å². The van der Waals surface area contributed by atoms with Crippen LogP contribution in [0.2, 0.25) is 0 Å². The van der Waals surface area contributed by atoms with Gasteiger partial charge in [-0.1, -0.05) is 57.9 Å². The Labute approximate surface area is 141 Å². The predicted octanol–water partition coefficient (Wildman–Crippen LogP) is 6.30. The van der Waals surface area contributed by atoms with E-state index in [1.165, 1.54) is 42.4 Å². The zero-order valence-electron chi connectivity index (χ0n) is 15.0. The van der Waals surface area contributed by atoms with Gasteiger partial charge in [0.25, 0.3) is 0 Å². The molecule has 1 nitrogen and oxygen atoms in total. The fourth-order valence-electron chi connectivity index (χ4n) is 3.84. The Morgan fingerprint density at radius 3 is 2.43 bits per heavy atom. The van der Waals surface area contributed by atoms with Crippen molar-refractivity contribution in [3.63, 3.8) is 0 Å². The lowest BCUT2D eigenvalue weighted by atomic mass is 9.83. The minimum Gasteiger partial charge on any atom is -0.256 e. The standard InChI is InChI=1S/C22H29N/c1-16-9-5-8-12-19(16)21-13-20(17-10-6-7-11-17)18(15-23-21)14-22(2,3)4/h5,8-9,12-13,15,17H,6-7,10-11,14H2,1-4H3. The molecule has 23 heavy (non-hydrogen) atoms. The van der Waals surface area contributed by atoms with Gasteiger partial charge in [0.05, 0.1) is 5.69 Å². The fraction of sp³-hybridized carbons (Fsp3) is 0.500. The molecule has 3 rings (SSSR count). The molecule has 1 aromatic heterocycles. The van der Waals surface area contributed by atoms with Gasteiger partial charge in [-0.3, -0.25) is 4.98 Å². The average Bonchev–Trinajstić information content (AvgIpc) is 3.01. The van der Waals surface area contributed by atoms with Crippen LogP contribution in [0, 0.1) is 12.3 Å². The first-order valence-corrected chi connectivity index (χ1v) is 8.99. The van der Waals surface area contributed by atoms with Crippen LogP contribution in [0.15, 0.2) is 36.5 Å². The molecular weight excluding hydrogens is 278 g/mol. The summed E-state index contributed by atoms with van der Waals surface area (Å²) in [5, 5.41) is 0. The van der Waals surface area contributed by atoms with Crippen molar-refractivity contribution in [3.05, 3.63) is 53.2 Å². The van der Waals surface area contributed by atoms with Gasteiger partial charge in [0.1, 0.15) is 0 Å². The monoisotopic (exact) mass is 307 g/mol. The van der Waals surface area contributed by atoms with Crippen molar-refractivity contribution in [2.45, 2.75) is 65.7 Å². The summed E-state index contributed by atoms with van der Waals surface area (Å²) in [5.74, 6) is 0.734. The van der Waals surface area contributed by atoms with Crippen LogP contribution in [0.1, 0.15) is 69.1 Å². The smallest absolute Gasteiger partial charge is 0.0707 e. The van der Waals surface area contributed by atoms with Gasteiger partial charge < -0.3 is 0 Å². The quantitative estimate of drug-likeness (QED) is 0.648. The maximum atomic E-state index is 4.83. The molecular formula is C22H29N. The highest BCUT2D eigenvalue weighted by Crippen LogP contribution is 2.39. The topological polar surface area (TPSA) is 12.9 Å². The molecule has 1 heteroatoms. The second-order valence-corrected chi connectivity index (χ2v) is 8.30. The molecule has 1 saturated carbocycles. The lowest BCUT2D eigenvalue weighted by molar-refractivity contribution is 0.408. The molecule has 0 bridgehead atoms. The molecule has 0 radical (unpaired) electrons. The zero-order valence-corrected chi connectivity index (χ0v) is 15.0. The van der Waals surface area contributed by atoms with Gasteiger partial charge in [0.2, 0.25) is 0 Å². The molecule has 1 aliphatic carbocycles.